The van der Waals surface area contributed by atoms with Crippen molar-refractivity contribution in [2.75, 3.05) is 11.9 Å². The van der Waals surface area contributed by atoms with Gasteiger partial charge in [-0.05, 0) is 43.2 Å². The standard InChI is InChI=1S/C22H20F3N5O2/c23-13-9-22(10-13,21-15(24)2-1-5-27-21)11-28-20-4-3-17(29-30-20)14-6-12(7-19(26)32)18(31)8-16(14)25/h1-6,8,13,31H,7,9-11H2,(H2,26,32)(H,28,30). The Morgan fingerprint density at radius 2 is 1.97 bits per heavy atom. The number of hydrogen-bond donors (Lipinski definition) is 3. The average molecular weight is 443 g/mol. The Balaban J connectivity index is 1.52. The Morgan fingerprint density at radius 3 is 2.59 bits per heavy atom. The number of anilines is 1. The molecule has 0 unspecified atom stereocenters. The number of hydrogen-bond acceptors (Lipinski definition) is 6. The Morgan fingerprint density at radius 1 is 1.19 bits per heavy atom. The van der Waals surface area contributed by atoms with Crippen LogP contribution in [-0.4, -0.2) is 38.9 Å². The van der Waals surface area contributed by atoms with Gasteiger partial charge in [0.2, 0.25) is 5.91 Å². The molecule has 0 bridgehead atoms. The molecule has 4 rings (SSSR count). The van der Waals surface area contributed by atoms with Crippen LogP contribution in [0.2, 0.25) is 0 Å². The van der Waals surface area contributed by atoms with Gasteiger partial charge in [-0.3, -0.25) is 9.78 Å². The molecule has 0 spiro atoms. The van der Waals surface area contributed by atoms with Gasteiger partial charge in [0.1, 0.15) is 29.4 Å². The lowest BCUT2D eigenvalue weighted by Gasteiger charge is -2.44. The highest BCUT2D eigenvalue weighted by Crippen LogP contribution is 2.45. The summed E-state index contributed by atoms with van der Waals surface area (Å²) in [6.07, 6.45) is 0.466. The molecule has 32 heavy (non-hydrogen) atoms. The molecule has 0 saturated heterocycles. The first-order valence-electron chi connectivity index (χ1n) is 9.90. The zero-order valence-corrected chi connectivity index (χ0v) is 16.9. The molecule has 1 aliphatic rings. The van der Waals surface area contributed by atoms with E-state index in [1.807, 2.05) is 0 Å². The number of alkyl halides is 1. The second-order valence-corrected chi connectivity index (χ2v) is 7.88. The summed E-state index contributed by atoms with van der Waals surface area (Å²) in [6.45, 7) is 0.200. The van der Waals surface area contributed by atoms with Gasteiger partial charge < -0.3 is 16.2 Å². The van der Waals surface area contributed by atoms with E-state index in [-0.39, 0.29) is 54.1 Å². The number of phenolic OH excluding ortho intramolecular Hbond substituents is 1. The average Bonchev–Trinajstić information content (AvgIpc) is 2.73. The molecule has 0 radical (unpaired) electrons. The topological polar surface area (TPSA) is 114 Å². The zero-order chi connectivity index (χ0) is 22.9. The van der Waals surface area contributed by atoms with Crippen LogP contribution in [0.15, 0.2) is 42.6 Å². The van der Waals surface area contributed by atoms with E-state index in [1.165, 1.54) is 30.5 Å². The molecule has 4 N–H and O–H groups in total. The summed E-state index contributed by atoms with van der Waals surface area (Å²) < 4.78 is 42.3. The Kier molecular flexibility index (Phi) is 5.68. The lowest BCUT2D eigenvalue weighted by atomic mass is 9.65. The highest BCUT2D eigenvalue weighted by atomic mass is 19.1. The van der Waals surface area contributed by atoms with Gasteiger partial charge in [-0.1, -0.05) is 0 Å². The molecule has 10 heteroatoms. The highest BCUT2D eigenvalue weighted by Gasteiger charge is 2.48. The lowest BCUT2D eigenvalue weighted by Crippen LogP contribution is -2.49. The first kappa shape index (κ1) is 21.5. The summed E-state index contributed by atoms with van der Waals surface area (Å²) in [5, 5.41) is 20.9. The van der Waals surface area contributed by atoms with Crippen LogP contribution in [0.3, 0.4) is 0 Å². The van der Waals surface area contributed by atoms with Gasteiger partial charge in [-0.2, -0.15) is 0 Å². The number of nitrogens with zero attached hydrogens (tertiary/aromatic N) is 3. The summed E-state index contributed by atoms with van der Waals surface area (Å²) in [4.78, 5) is 15.3. The van der Waals surface area contributed by atoms with Crippen molar-refractivity contribution in [2.24, 2.45) is 5.73 Å². The predicted octanol–water partition coefficient (Wildman–Crippen LogP) is 3.03. The van der Waals surface area contributed by atoms with Crippen LogP contribution in [0, 0.1) is 11.6 Å². The summed E-state index contributed by atoms with van der Waals surface area (Å²) >= 11 is 0. The van der Waals surface area contributed by atoms with Gasteiger partial charge in [0.05, 0.1) is 17.8 Å². The van der Waals surface area contributed by atoms with E-state index in [9.17, 15) is 23.1 Å². The summed E-state index contributed by atoms with van der Waals surface area (Å²) in [5.74, 6) is -1.94. The number of nitrogens with one attached hydrogen (secondary N) is 1. The van der Waals surface area contributed by atoms with Crippen LogP contribution >= 0.6 is 0 Å². The van der Waals surface area contributed by atoms with Crippen molar-refractivity contribution in [3.05, 3.63) is 65.5 Å². The molecule has 1 aromatic carbocycles. The number of amides is 1. The van der Waals surface area contributed by atoms with Gasteiger partial charge >= 0.3 is 0 Å². The fourth-order valence-corrected chi connectivity index (χ4v) is 3.95. The number of rotatable bonds is 7. The molecule has 0 aliphatic heterocycles. The maximum absolute atomic E-state index is 14.3. The Bertz CT molecular complexity index is 1150. The van der Waals surface area contributed by atoms with Gasteiger partial charge in [0, 0.05) is 35.3 Å². The fraction of sp³-hybridized carbons (Fsp3) is 0.273. The van der Waals surface area contributed by atoms with Crippen LogP contribution in [0.5, 0.6) is 5.75 Å². The van der Waals surface area contributed by atoms with E-state index >= 15 is 0 Å². The smallest absolute Gasteiger partial charge is 0.221 e. The van der Waals surface area contributed by atoms with Crippen LogP contribution < -0.4 is 11.1 Å². The Hall–Kier alpha value is -3.69. The molecule has 166 valence electrons. The van der Waals surface area contributed by atoms with E-state index in [4.69, 9.17) is 5.73 Å². The quantitative estimate of drug-likeness (QED) is 0.517. The number of aromatic nitrogens is 3. The van der Waals surface area contributed by atoms with Gasteiger partial charge in [0.15, 0.2) is 0 Å². The maximum atomic E-state index is 14.3. The molecule has 3 aromatic rings. The van der Waals surface area contributed by atoms with Crippen molar-refractivity contribution in [1.82, 2.24) is 15.2 Å². The molecule has 0 atom stereocenters. The SMILES string of the molecule is NC(=O)Cc1cc(-c2ccc(NCC3(c4ncccc4F)CC(F)C3)nn2)c(F)cc1O. The fourth-order valence-electron chi connectivity index (χ4n) is 3.95. The van der Waals surface area contributed by atoms with Gasteiger partial charge in [-0.15, -0.1) is 10.2 Å². The van der Waals surface area contributed by atoms with E-state index in [2.05, 4.69) is 20.5 Å². The highest BCUT2D eigenvalue weighted by molar-refractivity contribution is 5.78. The molecular formula is C22H20F3N5O2. The van der Waals surface area contributed by atoms with Crippen molar-refractivity contribution in [1.29, 1.82) is 0 Å². The van der Waals surface area contributed by atoms with E-state index in [1.54, 1.807) is 6.07 Å². The van der Waals surface area contributed by atoms with Gasteiger partial charge in [0.25, 0.3) is 0 Å². The molecule has 1 amide bonds. The summed E-state index contributed by atoms with van der Waals surface area (Å²) in [7, 11) is 0. The molecule has 7 nitrogen and oxygen atoms in total. The number of aromatic hydroxyl groups is 1. The van der Waals surface area contributed by atoms with Gasteiger partial charge in [-0.25, -0.2) is 13.2 Å². The molecule has 1 aliphatic carbocycles. The lowest BCUT2D eigenvalue weighted by molar-refractivity contribution is -0.117. The third kappa shape index (κ3) is 4.20. The first-order valence-corrected chi connectivity index (χ1v) is 9.90. The number of phenols is 1. The molecule has 1 saturated carbocycles. The van der Waals surface area contributed by atoms with Crippen molar-refractivity contribution < 1.29 is 23.1 Å². The van der Waals surface area contributed by atoms with E-state index in [0.29, 0.717) is 5.82 Å². The Labute approximate surface area is 181 Å². The minimum absolute atomic E-state index is 0.0457. The van der Waals surface area contributed by atoms with Crippen molar-refractivity contribution >= 4 is 11.7 Å². The number of carbonyl (C=O) groups is 1. The largest absolute Gasteiger partial charge is 0.508 e. The third-order valence-corrected chi connectivity index (χ3v) is 5.57. The number of benzene rings is 1. The number of pyridine rings is 1. The summed E-state index contributed by atoms with van der Waals surface area (Å²) in [5.41, 5.74) is 4.96. The van der Waals surface area contributed by atoms with Crippen LogP contribution in [-0.2, 0) is 16.6 Å². The van der Waals surface area contributed by atoms with Crippen molar-refractivity contribution in [3.8, 4) is 17.0 Å². The van der Waals surface area contributed by atoms with Crippen LogP contribution in [0.4, 0.5) is 19.0 Å². The summed E-state index contributed by atoms with van der Waals surface area (Å²) in [6, 6.07) is 8.01. The maximum Gasteiger partial charge on any atom is 0.221 e. The van der Waals surface area contributed by atoms with Crippen molar-refractivity contribution in [2.45, 2.75) is 30.8 Å². The van der Waals surface area contributed by atoms with Crippen molar-refractivity contribution in [3.63, 3.8) is 0 Å². The molecular weight excluding hydrogens is 423 g/mol. The van der Waals surface area contributed by atoms with E-state index < -0.39 is 29.1 Å². The monoisotopic (exact) mass is 443 g/mol. The second-order valence-electron chi connectivity index (χ2n) is 7.88. The normalized spacial score (nSPS) is 19.9. The molecule has 2 heterocycles. The third-order valence-electron chi connectivity index (χ3n) is 5.57. The van der Waals surface area contributed by atoms with Crippen LogP contribution in [0.25, 0.3) is 11.3 Å². The second kappa shape index (κ2) is 8.45. The molecule has 2 aromatic heterocycles. The number of carbonyl (C=O) groups excluding carboxylic acids is 1. The number of primary amides is 1. The molecule has 1 fully saturated rings. The first-order chi connectivity index (χ1) is 15.3. The predicted molar refractivity (Wildman–Crippen MR) is 110 cm³/mol. The van der Waals surface area contributed by atoms with E-state index in [0.717, 1.165) is 6.07 Å². The zero-order valence-electron chi connectivity index (χ0n) is 16.9. The number of halogens is 3. The minimum atomic E-state index is -1.03. The number of nitrogens with two attached hydrogens (primary N) is 1. The van der Waals surface area contributed by atoms with Crippen LogP contribution in [0.1, 0.15) is 24.1 Å². The minimum Gasteiger partial charge on any atom is -0.508 e.